The molecule has 2 heterocycles. The molecule has 0 atom stereocenters. The Hall–Kier alpha value is -1.17. The van der Waals surface area contributed by atoms with Gasteiger partial charge >= 0.3 is 6.03 Å². The molecule has 0 bridgehead atoms. The molecule has 5 nitrogen and oxygen atoms in total. The minimum Gasteiger partial charge on any atom is -0.368 e. The number of hydrogen-bond donors (Lipinski definition) is 1. The quantitative estimate of drug-likeness (QED) is 0.692. The predicted molar refractivity (Wildman–Crippen MR) is 125 cm³/mol. The molecule has 0 unspecified atom stereocenters. The van der Waals surface area contributed by atoms with Crippen LogP contribution in [-0.4, -0.2) is 67.7 Å². The van der Waals surface area contributed by atoms with Gasteiger partial charge in [-0.05, 0) is 69.5 Å². The van der Waals surface area contributed by atoms with Gasteiger partial charge in [0.15, 0.2) is 0 Å². The van der Waals surface area contributed by atoms with Crippen LogP contribution in [0, 0.1) is 5.92 Å². The van der Waals surface area contributed by atoms with Gasteiger partial charge in [0, 0.05) is 45.3 Å². The van der Waals surface area contributed by atoms with Gasteiger partial charge in [-0.2, -0.15) is 0 Å². The number of carbonyl (C=O) groups is 1. The Morgan fingerprint density at radius 2 is 1.67 bits per heavy atom. The zero-order chi connectivity index (χ0) is 20.9. The molecule has 1 aromatic carbocycles. The molecule has 166 valence electrons. The number of nitrogens with one attached hydrogen (secondary N) is 1. The van der Waals surface area contributed by atoms with Crippen LogP contribution in [0.3, 0.4) is 0 Å². The third-order valence-electron chi connectivity index (χ3n) is 7.07. The van der Waals surface area contributed by atoms with Crippen molar-refractivity contribution in [1.82, 2.24) is 15.1 Å². The molecular weight excluding hydrogens is 419 g/mol. The highest BCUT2D eigenvalue weighted by molar-refractivity contribution is 6.43. The molecule has 1 N–H and O–H groups in total. The fraction of sp³-hybridized carbons (Fsp3) is 0.696. The summed E-state index contributed by atoms with van der Waals surface area (Å²) in [6, 6.07) is 6.41. The lowest BCUT2D eigenvalue weighted by atomic mass is 9.84. The van der Waals surface area contributed by atoms with Crippen LogP contribution in [0.15, 0.2) is 18.2 Å². The minimum absolute atomic E-state index is 0.161. The number of piperazine rings is 1. The second-order valence-electron chi connectivity index (χ2n) is 9.05. The maximum Gasteiger partial charge on any atom is 0.317 e. The highest BCUT2D eigenvalue weighted by Crippen LogP contribution is 2.33. The molecule has 3 fully saturated rings. The molecule has 4 rings (SSSR count). The van der Waals surface area contributed by atoms with E-state index in [0.29, 0.717) is 16.1 Å². The highest BCUT2D eigenvalue weighted by Gasteiger charge is 2.26. The molecule has 0 aromatic heterocycles. The van der Waals surface area contributed by atoms with Crippen molar-refractivity contribution in [2.45, 2.75) is 51.0 Å². The molecular formula is C23H34Cl2N4O. The second-order valence-corrected chi connectivity index (χ2v) is 9.84. The smallest absolute Gasteiger partial charge is 0.317 e. The Labute approximate surface area is 190 Å². The largest absolute Gasteiger partial charge is 0.368 e. The maximum atomic E-state index is 12.3. The first-order valence-corrected chi connectivity index (χ1v) is 12.3. The molecule has 0 spiro atoms. The zero-order valence-electron chi connectivity index (χ0n) is 17.8. The van der Waals surface area contributed by atoms with E-state index in [1.54, 1.807) is 0 Å². The number of halogens is 2. The Morgan fingerprint density at radius 1 is 0.967 bits per heavy atom. The van der Waals surface area contributed by atoms with Crippen molar-refractivity contribution < 1.29 is 4.79 Å². The Kier molecular flexibility index (Phi) is 7.66. The van der Waals surface area contributed by atoms with Crippen LogP contribution < -0.4 is 10.2 Å². The van der Waals surface area contributed by atoms with Crippen LogP contribution in [0.25, 0.3) is 0 Å². The first-order valence-electron chi connectivity index (χ1n) is 11.6. The summed E-state index contributed by atoms with van der Waals surface area (Å²) in [7, 11) is 0. The Bertz CT molecular complexity index is 709. The van der Waals surface area contributed by atoms with E-state index in [-0.39, 0.29) is 6.03 Å². The summed E-state index contributed by atoms with van der Waals surface area (Å²) < 4.78 is 0. The normalized spacial score (nSPS) is 25.5. The van der Waals surface area contributed by atoms with Crippen molar-refractivity contribution >= 4 is 34.9 Å². The lowest BCUT2D eigenvalue weighted by Crippen LogP contribution is -2.47. The lowest BCUT2D eigenvalue weighted by Gasteiger charge is -2.37. The average molecular weight is 453 g/mol. The number of nitrogens with zero attached hydrogens (tertiary/aromatic N) is 3. The van der Waals surface area contributed by atoms with Gasteiger partial charge in [-0.3, -0.25) is 4.90 Å². The van der Waals surface area contributed by atoms with E-state index in [1.807, 2.05) is 17.0 Å². The fourth-order valence-electron chi connectivity index (χ4n) is 5.10. The summed E-state index contributed by atoms with van der Waals surface area (Å²) >= 11 is 12.6. The number of likely N-dealkylation sites (tertiary alicyclic amines) is 1. The predicted octanol–water partition coefficient (Wildman–Crippen LogP) is 4.87. The Morgan fingerprint density at radius 3 is 2.37 bits per heavy atom. The van der Waals surface area contributed by atoms with Crippen LogP contribution in [-0.2, 0) is 0 Å². The van der Waals surface area contributed by atoms with Gasteiger partial charge in [0.1, 0.15) is 0 Å². The van der Waals surface area contributed by atoms with Gasteiger partial charge < -0.3 is 15.1 Å². The second kappa shape index (κ2) is 10.4. The number of urea groups is 1. The third-order valence-corrected chi connectivity index (χ3v) is 7.87. The summed E-state index contributed by atoms with van der Waals surface area (Å²) in [6.45, 7) is 7.17. The molecule has 1 aromatic rings. The lowest BCUT2D eigenvalue weighted by molar-refractivity contribution is 0.189. The molecule has 1 saturated carbocycles. The SMILES string of the molecule is O=C(N[C@H]1CC[C@H](CCN2CCN(c3cccc(Cl)c3Cl)CC2)CC1)N1CCCC1. The first-order chi connectivity index (χ1) is 14.6. The van der Waals surface area contributed by atoms with Crippen LogP contribution in [0.5, 0.6) is 0 Å². The molecule has 2 saturated heterocycles. The minimum atomic E-state index is 0.161. The Balaban J connectivity index is 1.14. The highest BCUT2D eigenvalue weighted by atomic mass is 35.5. The standard InChI is InChI=1S/C23H34Cl2N4O/c24-20-4-3-5-21(22(20)25)28-16-14-27(15-17-28)13-10-18-6-8-19(9-7-18)26-23(30)29-11-1-2-12-29/h3-5,18-19H,1-2,6-17H2,(H,26,30)/t18-,19-. The number of rotatable bonds is 5. The molecule has 2 aliphatic heterocycles. The maximum absolute atomic E-state index is 12.3. The van der Waals surface area contributed by atoms with Crippen LogP contribution in [0.2, 0.25) is 10.0 Å². The van der Waals surface area contributed by atoms with Crippen molar-refractivity contribution in [3.05, 3.63) is 28.2 Å². The van der Waals surface area contributed by atoms with Gasteiger partial charge in [-0.15, -0.1) is 0 Å². The van der Waals surface area contributed by atoms with Crippen molar-refractivity contribution in [2.24, 2.45) is 5.92 Å². The topological polar surface area (TPSA) is 38.8 Å². The number of hydrogen-bond acceptors (Lipinski definition) is 3. The third kappa shape index (κ3) is 5.54. The van der Waals surface area contributed by atoms with E-state index in [1.165, 1.54) is 25.8 Å². The molecule has 7 heteroatoms. The van der Waals surface area contributed by atoms with E-state index in [0.717, 1.165) is 76.6 Å². The molecule has 2 amide bonds. The van der Waals surface area contributed by atoms with Crippen molar-refractivity contribution in [3.63, 3.8) is 0 Å². The van der Waals surface area contributed by atoms with Crippen LogP contribution in [0.4, 0.5) is 10.5 Å². The number of anilines is 1. The van der Waals surface area contributed by atoms with E-state index < -0.39 is 0 Å². The van der Waals surface area contributed by atoms with Crippen molar-refractivity contribution in [2.75, 3.05) is 50.7 Å². The van der Waals surface area contributed by atoms with E-state index in [9.17, 15) is 4.79 Å². The van der Waals surface area contributed by atoms with Crippen molar-refractivity contribution in [1.29, 1.82) is 0 Å². The van der Waals surface area contributed by atoms with Gasteiger partial charge in [0.25, 0.3) is 0 Å². The number of carbonyl (C=O) groups excluding carboxylic acids is 1. The van der Waals surface area contributed by atoms with Crippen LogP contribution >= 0.6 is 23.2 Å². The summed E-state index contributed by atoms with van der Waals surface area (Å²) in [5.74, 6) is 0.797. The number of benzene rings is 1. The molecule has 1 aliphatic carbocycles. The van der Waals surface area contributed by atoms with E-state index in [4.69, 9.17) is 23.2 Å². The fourth-order valence-corrected chi connectivity index (χ4v) is 5.51. The van der Waals surface area contributed by atoms with Gasteiger partial charge in [0.2, 0.25) is 0 Å². The monoisotopic (exact) mass is 452 g/mol. The van der Waals surface area contributed by atoms with E-state index in [2.05, 4.69) is 21.2 Å². The van der Waals surface area contributed by atoms with Gasteiger partial charge in [-0.25, -0.2) is 4.79 Å². The average Bonchev–Trinajstić information content (AvgIpc) is 3.31. The molecule has 0 radical (unpaired) electrons. The van der Waals surface area contributed by atoms with Crippen LogP contribution in [0.1, 0.15) is 44.9 Å². The molecule has 30 heavy (non-hydrogen) atoms. The summed E-state index contributed by atoms with van der Waals surface area (Å²) in [6.07, 6.45) is 8.31. The summed E-state index contributed by atoms with van der Waals surface area (Å²) in [5.41, 5.74) is 1.05. The van der Waals surface area contributed by atoms with Gasteiger partial charge in [0.05, 0.1) is 15.7 Å². The number of amides is 2. The molecule has 3 aliphatic rings. The van der Waals surface area contributed by atoms with Crippen molar-refractivity contribution in [3.8, 4) is 0 Å². The summed E-state index contributed by atoms with van der Waals surface area (Å²) in [4.78, 5) is 19.2. The van der Waals surface area contributed by atoms with Gasteiger partial charge in [-0.1, -0.05) is 29.3 Å². The zero-order valence-corrected chi connectivity index (χ0v) is 19.3. The first kappa shape index (κ1) is 22.0. The summed E-state index contributed by atoms with van der Waals surface area (Å²) in [5, 5.41) is 4.56. The van der Waals surface area contributed by atoms with E-state index >= 15 is 0 Å².